The van der Waals surface area contributed by atoms with E-state index in [9.17, 15) is 13.2 Å². The maximum Gasteiger partial charge on any atom is 0.241 e. The molecule has 0 unspecified atom stereocenters. The van der Waals surface area contributed by atoms with Gasteiger partial charge in [0, 0.05) is 24.3 Å². The Bertz CT molecular complexity index is 891. The minimum absolute atomic E-state index is 0.0978. The Hall–Kier alpha value is -2.45. The molecule has 1 aliphatic carbocycles. The lowest BCUT2D eigenvalue weighted by Crippen LogP contribution is -2.20. The van der Waals surface area contributed by atoms with E-state index < -0.39 is 10.0 Å². The lowest BCUT2D eigenvalue weighted by atomic mass is 10.1. The predicted octanol–water partition coefficient (Wildman–Crippen LogP) is 2.73. The highest BCUT2D eigenvalue weighted by Crippen LogP contribution is 2.26. The molecule has 1 amide bonds. The summed E-state index contributed by atoms with van der Waals surface area (Å²) < 4.78 is 25.7. The monoisotopic (exact) mass is 388 g/mol. The molecule has 0 atom stereocenters. The number of rotatable bonds is 7. The predicted molar refractivity (Wildman–Crippen MR) is 105 cm³/mol. The largest absolute Gasteiger partial charge is 0.366 e. The summed E-state index contributed by atoms with van der Waals surface area (Å²) in [4.78, 5) is 16.5. The van der Waals surface area contributed by atoms with Crippen LogP contribution >= 0.6 is 0 Å². The van der Waals surface area contributed by atoms with E-state index in [4.69, 9.17) is 0 Å². The van der Waals surface area contributed by atoms with Gasteiger partial charge >= 0.3 is 0 Å². The number of sulfonamides is 1. The van der Waals surface area contributed by atoms with Crippen LogP contribution in [-0.2, 0) is 21.4 Å². The van der Waals surface area contributed by atoms with Gasteiger partial charge in [-0.15, -0.1) is 0 Å². The first-order valence-electron chi connectivity index (χ1n) is 9.01. The Balaban J connectivity index is 1.59. The second-order valence-corrected chi connectivity index (χ2v) is 8.50. The van der Waals surface area contributed by atoms with Crippen molar-refractivity contribution in [3.63, 3.8) is 0 Å². The normalized spacial score (nSPS) is 14.9. The number of pyridine rings is 1. The second-order valence-electron chi connectivity index (χ2n) is 6.61. The van der Waals surface area contributed by atoms with Gasteiger partial charge in [0.25, 0.3) is 0 Å². The maximum absolute atomic E-state index is 12.3. The number of benzene rings is 1. The minimum Gasteiger partial charge on any atom is -0.366 e. The second kappa shape index (κ2) is 8.49. The van der Waals surface area contributed by atoms with Gasteiger partial charge < -0.3 is 10.6 Å². The van der Waals surface area contributed by atoms with Crippen molar-refractivity contribution < 1.29 is 13.2 Å². The topological polar surface area (TPSA) is 100 Å². The fourth-order valence-corrected chi connectivity index (χ4v) is 3.82. The first-order chi connectivity index (χ1) is 13.0. The molecule has 7 nitrogen and oxygen atoms in total. The molecule has 0 spiro atoms. The zero-order valence-corrected chi connectivity index (χ0v) is 16.1. The van der Waals surface area contributed by atoms with Crippen LogP contribution in [0.1, 0.15) is 31.2 Å². The average molecular weight is 388 g/mol. The van der Waals surface area contributed by atoms with Crippen molar-refractivity contribution in [2.24, 2.45) is 5.92 Å². The van der Waals surface area contributed by atoms with E-state index in [-0.39, 0.29) is 16.7 Å². The number of hydrogen-bond donors (Lipinski definition) is 3. The Labute approximate surface area is 159 Å². The highest BCUT2D eigenvalue weighted by atomic mass is 32.2. The van der Waals surface area contributed by atoms with Gasteiger partial charge in [0.2, 0.25) is 15.9 Å². The van der Waals surface area contributed by atoms with Crippen LogP contribution in [0.2, 0.25) is 0 Å². The van der Waals surface area contributed by atoms with Gasteiger partial charge in [-0.2, -0.15) is 0 Å². The molecule has 1 aromatic carbocycles. The summed E-state index contributed by atoms with van der Waals surface area (Å²) in [5.74, 6) is 0.800. The number of hydrogen-bond acceptors (Lipinski definition) is 5. The molecule has 0 radical (unpaired) electrons. The summed E-state index contributed by atoms with van der Waals surface area (Å²) in [6.45, 7) is 0.512. The van der Waals surface area contributed by atoms with Gasteiger partial charge in [0.1, 0.15) is 10.7 Å². The molecule has 144 valence electrons. The number of carbonyl (C=O) groups excluding carboxylic acids is 1. The average Bonchev–Trinajstić information content (AvgIpc) is 3.22. The van der Waals surface area contributed by atoms with Crippen LogP contribution in [0, 0.1) is 5.92 Å². The first kappa shape index (κ1) is 19.3. The van der Waals surface area contributed by atoms with Crippen LogP contribution in [0.4, 0.5) is 11.5 Å². The molecule has 27 heavy (non-hydrogen) atoms. The van der Waals surface area contributed by atoms with E-state index in [1.807, 2.05) is 24.3 Å². The molecule has 3 rings (SSSR count). The molecule has 2 aromatic rings. The third kappa shape index (κ3) is 5.05. The van der Waals surface area contributed by atoms with E-state index in [1.165, 1.54) is 19.3 Å². The summed E-state index contributed by atoms with van der Waals surface area (Å²) in [5, 5.41) is 6.15. The summed E-state index contributed by atoms with van der Waals surface area (Å²) in [5.41, 5.74) is 1.78. The highest BCUT2D eigenvalue weighted by Gasteiger charge is 2.22. The third-order valence-corrected chi connectivity index (χ3v) is 6.11. The lowest BCUT2D eigenvalue weighted by Gasteiger charge is -2.12. The van der Waals surface area contributed by atoms with Crippen molar-refractivity contribution in [2.75, 3.05) is 17.7 Å². The van der Waals surface area contributed by atoms with Gasteiger partial charge in [-0.25, -0.2) is 18.1 Å². The van der Waals surface area contributed by atoms with Gasteiger partial charge in [0.15, 0.2) is 0 Å². The van der Waals surface area contributed by atoms with E-state index in [1.54, 1.807) is 6.07 Å². The van der Waals surface area contributed by atoms with E-state index in [0.717, 1.165) is 36.9 Å². The molecule has 8 heteroatoms. The van der Waals surface area contributed by atoms with Gasteiger partial charge in [0.05, 0.1) is 0 Å². The van der Waals surface area contributed by atoms with Crippen LogP contribution in [0.25, 0.3) is 0 Å². The molecule has 0 saturated heterocycles. The fourth-order valence-electron chi connectivity index (χ4n) is 3.15. The summed E-state index contributed by atoms with van der Waals surface area (Å²) in [7, 11) is -2.13. The molecule has 1 aromatic heterocycles. The molecule has 1 aliphatic rings. The summed E-state index contributed by atoms with van der Waals surface area (Å²) in [6, 6.07) is 10.8. The zero-order chi connectivity index (χ0) is 19.3. The molecule has 1 heterocycles. The van der Waals surface area contributed by atoms with Crippen molar-refractivity contribution in [3.05, 3.63) is 48.2 Å². The maximum atomic E-state index is 12.3. The number of nitrogens with zero attached hydrogens (tertiary/aromatic N) is 1. The van der Waals surface area contributed by atoms with Gasteiger partial charge in [-0.3, -0.25) is 4.79 Å². The molecule has 0 aliphatic heterocycles. The van der Waals surface area contributed by atoms with Crippen molar-refractivity contribution in [1.29, 1.82) is 0 Å². The molecule has 1 fully saturated rings. The van der Waals surface area contributed by atoms with Gasteiger partial charge in [-0.1, -0.05) is 25.0 Å². The van der Waals surface area contributed by atoms with Crippen LogP contribution < -0.4 is 15.4 Å². The Morgan fingerprint density at radius 2 is 1.96 bits per heavy atom. The SMILES string of the molecule is CNS(=O)(=O)c1ccc(NCc2cccc(NC(=O)C3CCCC3)c2)nc1. The standard InChI is InChI=1S/C19H24N4O3S/c1-20-27(25,26)17-9-10-18(22-13-17)21-12-14-5-4-8-16(11-14)23-19(24)15-6-2-3-7-15/h4-5,8-11,13,15,20H,2-3,6-7,12H2,1H3,(H,21,22)(H,23,24). The summed E-state index contributed by atoms with van der Waals surface area (Å²) >= 11 is 0. The Morgan fingerprint density at radius 3 is 2.63 bits per heavy atom. The number of aromatic nitrogens is 1. The lowest BCUT2D eigenvalue weighted by molar-refractivity contribution is -0.119. The van der Waals surface area contributed by atoms with Gasteiger partial charge in [-0.05, 0) is 49.7 Å². The Kier molecular flexibility index (Phi) is 6.08. The fraction of sp³-hybridized carbons (Fsp3) is 0.368. The van der Waals surface area contributed by atoms with Crippen molar-refractivity contribution in [3.8, 4) is 0 Å². The number of anilines is 2. The van der Waals surface area contributed by atoms with Crippen molar-refractivity contribution in [1.82, 2.24) is 9.71 Å². The van der Waals surface area contributed by atoms with Crippen LogP contribution in [0.5, 0.6) is 0 Å². The van der Waals surface area contributed by atoms with Crippen molar-refractivity contribution >= 4 is 27.4 Å². The summed E-state index contributed by atoms with van der Waals surface area (Å²) in [6.07, 6.45) is 5.51. The number of carbonyl (C=O) groups is 1. The quantitative estimate of drug-likeness (QED) is 0.677. The molecule has 1 saturated carbocycles. The first-order valence-corrected chi connectivity index (χ1v) is 10.5. The smallest absolute Gasteiger partial charge is 0.241 e. The minimum atomic E-state index is -3.49. The van der Waals surface area contributed by atoms with Crippen LogP contribution in [0.15, 0.2) is 47.5 Å². The third-order valence-electron chi connectivity index (χ3n) is 4.71. The van der Waals surface area contributed by atoms with E-state index in [0.29, 0.717) is 12.4 Å². The van der Waals surface area contributed by atoms with E-state index in [2.05, 4.69) is 20.3 Å². The highest BCUT2D eigenvalue weighted by molar-refractivity contribution is 7.89. The molecule has 0 bridgehead atoms. The molecule has 3 N–H and O–H groups in total. The van der Waals surface area contributed by atoms with Crippen LogP contribution in [-0.4, -0.2) is 26.4 Å². The van der Waals surface area contributed by atoms with Crippen molar-refractivity contribution in [2.45, 2.75) is 37.1 Å². The Morgan fingerprint density at radius 1 is 1.19 bits per heavy atom. The molecular weight excluding hydrogens is 364 g/mol. The number of nitrogens with one attached hydrogen (secondary N) is 3. The molecular formula is C19H24N4O3S. The number of amides is 1. The van der Waals surface area contributed by atoms with E-state index >= 15 is 0 Å². The zero-order valence-electron chi connectivity index (χ0n) is 15.2. The van der Waals surface area contributed by atoms with Crippen LogP contribution in [0.3, 0.4) is 0 Å².